The number of benzene rings is 2. The lowest BCUT2D eigenvalue weighted by Gasteiger charge is -2.34. The minimum absolute atomic E-state index is 0.0223. The van der Waals surface area contributed by atoms with Crippen molar-refractivity contribution in [1.29, 1.82) is 0 Å². The molecule has 1 saturated carbocycles. The number of hydrogen-bond donors (Lipinski definition) is 1. The number of nitrogens with zero attached hydrogens (tertiary/aromatic N) is 2. The third-order valence-corrected chi connectivity index (χ3v) is 8.31. The van der Waals surface area contributed by atoms with Crippen molar-refractivity contribution in [2.75, 3.05) is 25.5 Å². The third-order valence-electron chi connectivity index (χ3n) is 6.40. The Hall–Kier alpha value is -2.91. The molecular formula is C24H29N3O5S. The fraction of sp³-hybridized carbons (Fsp3) is 0.417. The summed E-state index contributed by atoms with van der Waals surface area (Å²) in [6, 6.07) is 13.1. The lowest BCUT2D eigenvalue weighted by molar-refractivity contribution is -0.127. The van der Waals surface area contributed by atoms with E-state index < -0.39 is 22.0 Å². The highest BCUT2D eigenvalue weighted by atomic mass is 32.2. The predicted molar refractivity (Wildman–Crippen MR) is 125 cm³/mol. The maximum atomic E-state index is 13.5. The van der Waals surface area contributed by atoms with Crippen LogP contribution >= 0.6 is 0 Å². The number of sulfonamides is 1. The van der Waals surface area contributed by atoms with Crippen molar-refractivity contribution in [2.45, 2.75) is 49.1 Å². The van der Waals surface area contributed by atoms with Crippen molar-refractivity contribution >= 4 is 27.5 Å². The summed E-state index contributed by atoms with van der Waals surface area (Å²) in [4.78, 5) is 27.3. The lowest BCUT2D eigenvalue weighted by Crippen LogP contribution is -2.50. The fourth-order valence-electron chi connectivity index (χ4n) is 4.48. The van der Waals surface area contributed by atoms with E-state index in [1.165, 1.54) is 28.4 Å². The van der Waals surface area contributed by atoms with Gasteiger partial charge in [-0.05, 0) is 43.2 Å². The van der Waals surface area contributed by atoms with Crippen molar-refractivity contribution in [2.24, 2.45) is 0 Å². The van der Waals surface area contributed by atoms with E-state index in [4.69, 9.17) is 4.74 Å². The van der Waals surface area contributed by atoms with Crippen molar-refractivity contribution < 1.29 is 22.7 Å². The molecule has 1 heterocycles. The SMILES string of the molecule is CNC(=O)[C@@H]1CN(C(=O)c2cccc(S(=O)(=O)N(C)C3CCCCC3)c2)c2ccccc2O1. The van der Waals surface area contributed by atoms with E-state index in [1.807, 2.05) is 0 Å². The Balaban J connectivity index is 1.64. The summed E-state index contributed by atoms with van der Waals surface area (Å²) in [5.74, 6) is -0.309. The number of anilines is 1. The number of amides is 2. The van der Waals surface area contributed by atoms with Crippen LogP contribution in [0.5, 0.6) is 5.75 Å². The van der Waals surface area contributed by atoms with Crippen LogP contribution in [0, 0.1) is 0 Å². The van der Waals surface area contributed by atoms with Gasteiger partial charge in [-0.1, -0.05) is 37.5 Å². The molecule has 0 aromatic heterocycles. The second kappa shape index (κ2) is 9.52. The molecule has 0 unspecified atom stereocenters. The smallest absolute Gasteiger partial charge is 0.262 e. The molecule has 2 aliphatic rings. The first kappa shape index (κ1) is 23.3. The van der Waals surface area contributed by atoms with Crippen LogP contribution in [-0.2, 0) is 14.8 Å². The number of carbonyl (C=O) groups excluding carboxylic acids is 2. The number of carbonyl (C=O) groups is 2. The van der Waals surface area contributed by atoms with Gasteiger partial charge in [0.25, 0.3) is 11.8 Å². The van der Waals surface area contributed by atoms with Crippen LogP contribution in [-0.4, -0.2) is 57.3 Å². The topological polar surface area (TPSA) is 96.0 Å². The highest BCUT2D eigenvalue weighted by Crippen LogP contribution is 2.34. The zero-order valence-corrected chi connectivity index (χ0v) is 19.7. The summed E-state index contributed by atoms with van der Waals surface area (Å²) in [5, 5.41) is 2.55. The van der Waals surface area contributed by atoms with E-state index in [0.717, 1.165) is 32.1 Å². The van der Waals surface area contributed by atoms with Gasteiger partial charge in [0.2, 0.25) is 10.0 Å². The standard InChI is InChI=1S/C24H29N3O5S/c1-25-23(28)22-16-27(20-13-6-7-14-21(20)32-22)24(29)17-9-8-12-19(15-17)33(30,31)26(2)18-10-4-3-5-11-18/h6-9,12-15,18,22H,3-5,10-11,16H2,1-2H3,(H,25,28)/t22-/m0/s1. The summed E-state index contributed by atoms with van der Waals surface area (Å²) in [5.41, 5.74) is 0.774. The van der Waals surface area contributed by atoms with Gasteiger partial charge in [0.1, 0.15) is 5.75 Å². The Kier molecular flexibility index (Phi) is 6.71. The molecule has 0 radical (unpaired) electrons. The monoisotopic (exact) mass is 471 g/mol. The van der Waals surface area contributed by atoms with Crippen LogP contribution in [0.4, 0.5) is 5.69 Å². The summed E-state index contributed by atoms with van der Waals surface area (Å²) in [6.07, 6.45) is 4.00. The van der Waals surface area contributed by atoms with Gasteiger partial charge in [0.15, 0.2) is 6.10 Å². The van der Waals surface area contributed by atoms with Gasteiger partial charge in [0.05, 0.1) is 17.1 Å². The minimum atomic E-state index is -3.74. The van der Waals surface area contributed by atoms with Crippen LogP contribution < -0.4 is 15.0 Å². The van der Waals surface area contributed by atoms with Crippen LogP contribution in [0.3, 0.4) is 0 Å². The van der Waals surface area contributed by atoms with Gasteiger partial charge in [0, 0.05) is 25.7 Å². The molecule has 33 heavy (non-hydrogen) atoms. The molecule has 2 aromatic rings. The van der Waals surface area contributed by atoms with E-state index in [0.29, 0.717) is 11.4 Å². The van der Waals surface area contributed by atoms with Crippen LogP contribution in [0.1, 0.15) is 42.5 Å². The van der Waals surface area contributed by atoms with E-state index in [1.54, 1.807) is 43.4 Å². The fourth-order valence-corrected chi connectivity index (χ4v) is 5.94. The van der Waals surface area contributed by atoms with Gasteiger partial charge < -0.3 is 15.0 Å². The molecule has 9 heteroatoms. The number of hydrogen-bond acceptors (Lipinski definition) is 5. The Morgan fingerprint density at radius 3 is 2.52 bits per heavy atom. The molecule has 2 aromatic carbocycles. The van der Waals surface area contributed by atoms with Gasteiger partial charge in [-0.3, -0.25) is 9.59 Å². The summed E-state index contributed by atoms with van der Waals surface area (Å²) in [7, 11) is -0.614. The van der Waals surface area contributed by atoms with E-state index in [2.05, 4.69) is 5.32 Å². The van der Waals surface area contributed by atoms with Crippen molar-refractivity contribution in [3.05, 3.63) is 54.1 Å². The summed E-state index contributed by atoms with van der Waals surface area (Å²) < 4.78 is 33.8. The zero-order valence-electron chi connectivity index (χ0n) is 18.9. The number of fused-ring (bicyclic) bond motifs is 1. The van der Waals surface area contributed by atoms with E-state index >= 15 is 0 Å². The molecule has 1 fully saturated rings. The normalized spacial score (nSPS) is 19.0. The quantitative estimate of drug-likeness (QED) is 0.724. The van der Waals surface area contributed by atoms with Gasteiger partial charge in [-0.2, -0.15) is 4.31 Å². The largest absolute Gasteiger partial charge is 0.477 e. The maximum absolute atomic E-state index is 13.5. The molecule has 176 valence electrons. The molecule has 0 spiro atoms. The van der Waals surface area contributed by atoms with Crippen molar-refractivity contribution in [3.63, 3.8) is 0 Å². The molecule has 4 rings (SSSR count). The van der Waals surface area contributed by atoms with Gasteiger partial charge in [-0.15, -0.1) is 0 Å². The molecule has 0 saturated heterocycles. The first-order valence-electron chi connectivity index (χ1n) is 11.2. The van der Waals surface area contributed by atoms with Crippen molar-refractivity contribution in [1.82, 2.24) is 9.62 Å². The second-order valence-corrected chi connectivity index (χ2v) is 10.4. The van der Waals surface area contributed by atoms with E-state index in [-0.39, 0.29) is 29.0 Å². The Bertz CT molecular complexity index is 1140. The Morgan fingerprint density at radius 2 is 1.79 bits per heavy atom. The number of para-hydroxylation sites is 2. The first-order valence-corrected chi connectivity index (χ1v) is 12.6. The molecule has 1 atom stereocenters. The molecule has 0 bridgehead atoms. The predicted octanol–water partition coefficient (Wildman–Crippen LogP) is 2.79. The highest BCUT2D eigenvalue weighted by molar-refractivity contribution is 7.89. The minimum Gasteiger partial charge on any atom is -0.477 e. The Morgan fingerprint density at radius 1 is 1.06 bits per heavy atom. The zero-order chi connectivity index (χ0) is 23.6. The average Bonchev–Trinajstić information content (AvgIpc) is 2.87. The Labute approximate surface area is 194 Å². The maximum Gasteiger partial charge on any atom is 0.262 e. The molecule has 1 aliphatic carbocycles. The van der Waals surface area contributed by atoms with Crippen LogP contribution in [0.2, 0.25) is 0 Å². The van der Waals surface area contributed by atoms with Crippen LogP contribution in [0.25, 0.3) is 0 Å². The van der Waals surface area contributed by atoms with E-state index in [9.17, 15) is 18.0 Å². The molecule has 2 amide bonds. The highest BCUT2D eigenvalue weighted by Gasteiger charge is 2.35. The number of ether oxygens (including phenoxy) is 1. The molecule has 8 nitrogen and oxygen atoms in total. The molecule has 1 N–H and O–H groups in total. The van der Waals surface area contributed by atoms with Crippen molar-refractivity contribution in [3.8, 4) is 5.75 Å². The van der Waals surface area contributed by atoms with Crippen LogP contribution in [0.15, 0.2) is 53.4 Å². The summed E-state index contributed by atoms with van der Waals surface area (Å²) >= 11 is 0. The molecule has 1 aliphatic heterocycles. The average molecular weight is 472 g/mol. The number of likely N-dealkylation sites (N-methyl/N-ethyl adjacent to an activating group) is 1. The number of rotatable bonds is 5. The number of nitrogens with one attached hydrogen (secondary N) is 1. The second-order valence-electron chi connectivity index (χ2n) is 8.45. The first-order chi connectivity index (χ1) is 15.8. The van der Waals surface area contributed by atoms with Gasteiger partial charge >= 0.3 is 0 Å². The summed E-state index contributed by atoms with van der Waals surface area (Å²) in [6.45, 7) is 0.0223. The lowest BCUT2D eigenvalue weighted by atomic mass is 9.96. The van der Waals surface area contributed by atoms with Gasteiger partial charge in [-0.25, -0.2) is 8.42 Å². The third kappa shape index (κ3) is 4.60. The molecular weight excluding hydrogens is 442 g/mol.